The molecule has 0 N–H and O–H groups in total. The first-order chi connectivity index (χ1) is 4.86. The first kappa shape index (κ1) is 7.36. The third kappa shape index (κ3) is 1.61. The molecule has 1 heteroatoms. The smallest absolute Gasteiger partial charge is 0.0474 e. The van der Waals surface area contributed by atoms with Crippen LogP contribution in [0.5, 0.6) is 0 Å². The van der Waals surface area contributed by atoms with E-state index in [-0.39, 0.29) is 0 Å². The van der Waals surface area contributed by atoms with Crippen molar-refractivity contribution in [2.24, 2.45) is 0 Å². The molecule has 0 atom stereocenters. The molecule has 0 unspecified atom stereocenters. The van der Waals surface area contributed by atoms with E-state index in [4.69, 9.17) is 11.6 Å². The molecule has 0 nitrogen and oxygen atoms in total. The van der Waals surface area contributed by atoms with Crippen molar-refractivity contribution in [3.05, 3.63) is 42.0 Å². The average Bonchev–Trinajstić information content (AvgIpc) is 2.05. The van der Waals surface area contributed by atoms with Crippen LogP contribution in [0.25, 0.3) is 6.08 Å². The number of halogens is 1. The lowest BCUT2D eigenvalue weighted by Crippen LogP contribution is -1.77. The molecule has 1 rings (SSSR count). The number of hydrogen-bond acceptors (Lipinski definition) is 0. The van der Waals surface area contributed by atoms with Crippen LogP contribution >= 0.6 is 11.6 Å². The van der Waals surface area contributed by atoms with E-state index in [1.54, 1.807) is 0 Å². The van der Waals surface area contributed by atoms with Crippen molar-refractivity contribution >= 4 is 17.7 Å². The first-order valence-corrected chi connectivity index (χ1v) is 3.67. The van der Waals surface area contributed by atoms with Gasteiger partial charge < -0.3 is 0 Å². The van der Waals surface area contributed by atoms with E-state index in [2.05, 4.69) is 6.58 Å². The summed E-state index contributed by atoms with van der Waals surface area (Å²) in [5, 5.41) is 0. The zero-order valence-corrected chi connectivity index (χ0v) is 6.43. The van der Waals surface area contributed by atoms with Gasteiger partial charge in [-0.3, -0.25) is 0 Å². The summed E-state index contributed by atoms with van der Waals surface area (Å²) in [6, 6.07) is 8.01. The van der Waals surface area contributed by atoms with Gasteiger partial charge in [0.1, 0.15) is 0 Å². The Morgan fingerprint density at radius 1 is 1.50 bits per heavy atom. The number of benzene rings is 1. The van der Waals surface area contributed by atoms with Crippen LogP contribution < -0.4 is 0 Å². The predicted molar refractivity (Wildman–Crippen MR) is 46.1 cm³/mol. The summed E-state index contributed by atoms with van der Waals surface area (Å²) in [6.07, 6.45) is 1.82. The fourth-order valence-corrected chi connectivity index (χ4v) is 0.969. The molecule has 0 saturated carbocycles. The molecular formula is C9H9Cl. The molecule has 0 bridgehead atoms. The van der Waals surface area contributed by atoms with E-state index in [0.717, 1.165) is 11.1 Å². The molecule has 0 saturated heterocycles. The van der Waals surface area contributed by atoms with Crippen molar-refractivity contribution in [2.75, 3.05) is 0 Å². The molecule has 0 aliphatic rings. The molecule has 0 spiro atoms. The maximum atomic E-state index is 5.62. The highest BCUT2D eigenvalue weighted by Crippen LogP contribution is 2.07. The normalized spacial score (nSPS) is 9.30. The van der Waals surface area contributed by atoms with E-state index >= 15 is 0 Å². The number of hydrogen-bond donors (Lipinski definition) is 0. The molecule has 1 aromatic rings. The Kier molecular flexibility index (Phi) is 2.52. The Bertz CT molecular complexity index is 228. The summed E-state index contributed by atoms with van der Waals surface area (Å²) >= 11 is 5.62. The summed E-state index contributed by atoms with van der Waals surface area (Å²) in [5.41, 5.74) is 2.26. The fraction of sp³-hybridized carbons (Fsp3) is 0.111. The van der Waals surface area contributed by atoms with Crippen molar-refractivity contribution in [1.82, 2.24) is 0 Å². The van der Waals surface area contributed by atoms with Gasteiger partial charge in [-0.1, -0.05) is 36.9 Å². The van der Waals surface area contributed by atoms with Gasteiger partial charge in [0, 0.05) is 5.88 Å². The molecule has 10 heavy (non-hydrogen) atoms. The molecule has 0 heterocycles. The average molecular weight is 153 g/mol. The minimum atomic E-state index is 0.571. The molecular weight excluding hydrogens is 144 g/mol. The first-order valence-electron chi connectivity index (χ1n) is 3.14. The largest absolute Gasteiger partial charge is 0.122 e. The van der Waals surface area contributed by atoms with Gasteiger partial charge >= 0.3 is 0 Å². The van der Waals surface area contributed by atoms with Crippen molar-refractivity contribution in [3.63, 3.8) is 0 Å². The third-order valence-corrected chi connectivity index (χ3v) is 1.65. The summed E-state index contributed by atoms with van der Waals surface area (Å²) in [4.78, 5) is 0. The molecule has 0 fully saturated rings. The molecule has 1 aromatic carbocycles. The van der Waals surface area contributed by atoms with Crippen LogP contribution in [0.15, 0.2) is 30.8 Å². The maximum absolute atomic E-state index is 5.62. The topological polar surface area (TPSA) is 0 Å². The van der Waals surface area contributed by atoms with Crippen molar-refractivity contribution in [3.8, 4) is 0 Å². The molecule has 0 aliphatic heterocycles. The Morgan fingerprint density at radius 3 is 2.90 bits per heavy atom. The van der Waals surface area contributed by atoms with E-state index in [1.165, 1.54) is 0 Å². The van der Waals surface area contributed by atoms with Gasteiger partial charge in [0.05, 0.1) is 0 Å². The van der Waals surface area contributed by atoms with Gasteiger partial charge in [0.25, 0.3) is 0 Å². The van der Waals surface area contributed by atoms with E-state index < -0.39 is 0 Å². The van der Waals surface area contributed by atoms with Crippen LogP contribution in [0, 0.1) is 0 Å². The monoisotopic (exact) mass is 152 g/mol. The van der Waals surface area contributed by atoms with E-state index in [0.29, 0.717) is 5.88 Å². The van der Waals surface area contributed by atoms with E-state index in [1.807, 2.05) is 30.3 Å². The van der Waals surface area contributed by atoms with Gasteiger partial charge in [-0.25, -0.2) is 0 Å². The standard InChI is InChI=1S/C9H9Cl/c1-2-8-4-3-5-9(6-8)7-10/h2-6H,1,7H2. The molecule has 0 aromatic heterocycles. The minimum Gasteiger partial charge on any atom is -0.122 e. The highest BCUT2D eigenvalue weighted by molar-refractivity contribution is 6.17. The quantitative estimate of drug-likeness (QED) is 0.572. The highest BCUT2D eigenvalue weighted by Gasteiger charge is 1.88. The zero-order chi connectivity index (χ0) is 7.40. The van der Waals surface area contributed by atoms with Crippen LogP contribution in [0.1, 0.15) is 11.1 Å². The minimum absolute atomic E-state index is 0.571. The zero-order valence-electron chi connectivity index (χ0n) is 5.68. The SMILES string of the molecule is C=Cc1cccc(CCl)c1. The summed E-state index contributed by atoms with van der Waals surface area (Å²) < 4.78 is 0. The van der Waals surface area contributed by atoms with Crippen LogP contribution in [-0.4, -0.2) is 0 Å². The summed E-state index contributed by atoms with van der Waals surface area (Å²) in [5.74, 6) is 0.571. The van der Waals surface area contributed by atoms with E-state index in [9.17, 15) is 0 Å². The Morgan fingerprint density at radius 2 is 2.30 bits per heavy atom. The number of rotatable bonds is 2. The van der Waals surface area contributed by atoms with Gasteiger partial charge in [-0.05, 0) is 11.1 Å². The Balaban J connectivity index is 2.98. The van der Waals surface area contributed by atoms with Crippen molar-refractivity contribution < 1.29 is 0 Å². The van der Waals surface area contributed by atoms with Crippen LogP contribution in [0.2, 0.25) is 0 Å². The number of alkyl halides is 1. The summed E-state index contributed by atoms with van der Waals surface area (Å²) in [7, 11) is 0. The van der Waals surface area contributed by atoms with Gasteiger partial charge in [0.15, 0.2) is 0 Å². The second kappa shape index (κ2) is 3.43. The Labute approximate surface area is 66.1 Å². The maximum Gasteiger partial charge on any atom is 0.0474 e. The lowest BCUT2D eigenvalue weighted by molar-refractivity contribution is 1.39. The van der Waals surface area contributed by atoms with Crippen LogP contribution in [-0.2, 0) is 5.88 Å². The molecule has 0 aliphatic carbocycles. The molecule has 0 radical (unpaired) electrons. The van der Waals surface area contributed by atoms with Crippen molar-refractivity contribution in [2.45, 2.75) is 5.88 Å². The summed E-state index contributed by atoms with van der Waals surface area (Å²) in [6.45, 7) is 3.66. The predicted octanol–water partition coefficient (Wildman–Crippen LogP) is 3.07. The lowest BCUT2D eigenvalue weighted by atomic mass is 10.1. The van der Waals surface area contributed by atoms with Gasteiger partial charge in [-0.15, -0.1) is 11.6 Å². The van der Waals surface area contributed by atoms with Crippen molar-refractivity contribution in [1.29, 1.82) is 0 Å². The second-order valence-electron chi connectivity index (χ2n) is 2.08. The molecule has 0 amide bonds. The second-order valence-corrected chi connectivity index (χ2v) is 2.35. The Hall–Kier alpha value is -0.750. The van der Waals surface area contributed by atoms with Crippen LogP contribution in [0.3, 0.4) is 0 Å². The third-order valence-electron chi connectivity index (χ3n) is 1.34. The highest BCUT2D eigenvalue weighted by atomic mass is 35.5. The van der Waals surface area contributed by atoms with Crippen LogP contribution in [0.4, 0.5) is 0 Å². The fourth-order valence-electron chi connectivity index (χ4n) is 0.803. The van der Waals surface area contributed by atoms with Gasteiger partial charge in [0.2, 0.25) is 0 Å². The van der Waals surface area contributed by atoms with Gasteiger partial charge in [-0.2, -0.15) is 0 Å². The lowest BCUT2D eigenvalue weighted by Gasteiger charge is -1.95. The molecule has 52 valence electrons.